The fourth-order valence-corrected chi connectivity index (χ4v) is 4.28. The van der Waals surface area contributed by atoms with E-state index in [0.717, 1.165) is 12.7 Å². The minimum atomic E-state index is 0.179. The number of aromatic hydroxyl groups is 1. The predicted molar refractivity (Wildman–Crippen MR) is 116 cm³/mol. The molecule has 1 heterocycles. The Hall–Kier alpha value is -1.47. The van der Waals surface area contributed by atoms with Gasteiger partial charge < -0.3 is 9.84 Å². The van der Waals surface area contributed by atoms with E-state index in [-0.39, 0.29) is 5.75 Å². The number of phenolic OH excluding ortho intramolecular Hbond substituents is 1. The molecule has 3 aromatic rings. The number of aromatic nitrogens is 3. The molecule has 0 unspecified atom stereocenters. The molecule has 2 aromatic carbocycles. The van der Waals surface area contributed by atoms with E-state index in [1.54, 1.807) is 13.3 Å². The van der Waals surface area contributed by atoms with Crippen LogP contribution in [0, 0.1) is 11.9 Å². The molecule has 128 valence electrons. The molecule has 0 spiro atoms. The van der Waals surface area contributed by atoms with Crippen molar-refractivity contribution in [3.63, 3.8) is 0 Å². The minimum absolute atomic E-state index is 0.179. The Bertz CT molecular complexity index is 1010. The number of methoxy groups -OCH3 is 1. The van der Waals surface area contributed by atoms with Gasteiger partial charge in [-0.2, -0.15) is 14.9 Å². The van der Waals surface area contributed by atoms with Crippen molar-refractivity contribution in [1.29, 1.82) is 0 Å². The molecule has 0 saturated carbocycles. The molecule has 0 bridgehead atoms. The lowest BCUT2D eigenvalue weighted by Gasteiger charge is -2.07. The quantitative estimate of drug-likeness (QED) is 0.274. The number of hydrogen-bond donors (Lipinski definition) is 2. The second-order valence-corrected chi connectivity index (χ2v) is 7.73. The third-order valence-corrected chi connectivity index (χ3v) is 5.08. The molecule has 0 aliphatic carbocycles. The molecule has 1 aromatic heterocycles. The predicted octanol–water partition coefficient (Wildman–Crippen LogP) is 4.41. The summed E-state index contributed by atoms with van der Waals surface area (Å²) >= 11 is 9.55. The zero-order valence-corrected chi connectivity index (χ0v) is 18.0. The molecule has 9 heteroatoms. The van der Waals surface area contributed by atoms with Gasteiger partial charge in [0.1, 0.15) is 11.5 Å². The second-order valence-electron chi connectivity index (χ2n) is 4.93. The van der Waals surface area contributed by atoms with Crippen LogP contribution in [-0.2, 0) is 0 Å². The highest BCUT2D eigenvalue weighted by molar-refractivity contribution is 14.1. The maximum Gasteiger partial charge on any atom is 0.216 e. The summed E-state index contributed by atoms with van der Waals surface area (Å²) in [7, 11) is 1.60. The highest BCUT2D eigenvalue weighted by Gasteiger charge is 2.13. The highest BCUT2D eigenvalue weighted by Crippen LogP contribution is 2.29. The Morgan fingerprint density at radius 3 is 2.84 bits per heavy atom. The van der Waals surface area contributed by atoms with E-state index in [2.05, 4.69) is 60.5 Å². The van der Waals surface area contributed by atoms with E-state index < -0.39 is 0 Å². The van der Waals surface area contributed by atoms with Crippen molar-refractivity contribution >= 4 is 63.6 Å². The van der Waals surface area contributed by atoms with E-state index in [9.17, 15) is 5.11 Å². The van der Waals surface area contributed by atoms with Gasteiger partial charge in [-0.3, -0.25) is 0 Å². The molecule has 6 nitrogen and oxygen atoms in total. The summed E-state index contributed by atoms with van der Waals surface area (Å²) in [5.74, 6) is 1.37. The van der Waals surface area contributed by atoms with Gasteiger partial charge in [-0.25, -0.2) is 5.10 Å². The van der Waals surface area contributed by atoms with Crippen LogP contribution in [0.2, 0.25) is 0 Å². The van der Waals surface area contributed by atoms with E-state index in [4.69, 9.17) is 17.0 Å². The number of phenols is 1. The normalized spacial score (nSPS) is 11.2. The topological polar surface area (TPSA) is 75.4 Å². The van der Waals surface area contributed by atoms with Gasteiger partial charge >= 0.3 is 0 Å². The van der Waals surface area contributed by atoms with Crippen LogP contribution in [0.5, 0.6) is 11.5 Å². The van der Waals surface area contributed by atoms with E-state index >= 15 is 0 Å². The van der Waals surface area contributed by atoms with Crippen molar-refractivity contribution < 1.29 is 9.84 Å². The standard InChI is InChI=1S/C16H12I2N4O2S/c1-24-13-5-3-2-4-11(13)15-20-21-16(25)22(15)19-8-9-6-10(17)7-12(18)14(9)23/h2-8,23H,1H3,(H,21,25)/b19-8-. The van der Waals surface area contributed by atoms with Crippen LogP contribution in [0.4, 0.5) is 0 Å². The number of ether oxygens (including phenoxy) is 1. The maximum absolute atomic E-state index is 10.2. The first-order valence-electron chi connectivity index (χ1n) is 7.04. The number of hydrogen-bond acceptors (Lipinski definition) is 5. The molecule has 0 radical (unpaired) electrons. The summed E-state index contributed by atoms with van der Waals surface area (Å²) in [5.41, 5.74) is 1.36. The fraction of sp³-hybridized carbons (Fsp3) is 0.0625. The largest absolute Gasteiger partial charge is 0.506 e. The van der Waals surface area contributed by atoms with Gasteiger partial charge in [-0.15, -0.1) is 0 Å². The number of H-pyrrole nitrogens is 1. The Morgan fingerprint density at radius 1 is 1.32 bits per heavy atom. The van der Waals surface area contributed by atoms with Crippen LogP contribution >= 0.6 is 57.4 Å². The van der Waals surface area contributed by atoms with Gasteiger partial charge in [0.15, 0.2) is 5.82 Å². The van der Waals surface area contributed by atoms with Gasteiger partial charge in [-0.1, -0.05) is 12.1 Å². The van der Waals surface area contributed by atoms with E-state index in [0.29, 0.717) is 21.9 Å². The number of nitrogens with zero attached hydrogens (tertiary/aromatic N) is 3. The molecule has 0 fully saturated rings. The van der Waals surface area contributed by atoms with Crippen LogP contribution in [0.1, 0.15) is 5.56 Å². The zero-order chi connectivity index (χ0) is 18.0. The monoisotopic (exact) mass is 578 g/mol. The van der Waals surface area contributed by atoms with Crippen molar-refractivity contribution in [3.8, 4) is 22.9 Å². The highest BCUT2D eigenvalue weighted by atomic mass is 127. The fourth-order valence-electron chi connectivity index (χ4n) is 2.21. The first-order chi connectivity index (χ1) is 12.0. The SMILES string of the molecule is COc1ccccc1-c1n[nH]c(=S)n1/N=C\c1cc(I)cc(I)c1O. The number of nitrogens with one attached hydrogen (secondary N) is 1. The molecular weight excluding hydrogens is 566 g/mol. The summed E-state index contributed by atoms with van der Waals surface area (Å²) in [4.78, 5) is 0. The summed E-state index contributed by atoms with van der Waals surface area (Å²) in [6.07, 6.45) is 1.56. The summed E-state index contributed by atoms with van der Waals surface area (Å²) in [6, 6.07) is 11.2. The molecular formula is C16H12I2N4O2S. The van der Waals surface area contributed by atoms with Crippen molar-refractivity contribution in [1.82, 2.24) is 14.9 Å². The summed E-state index contributed by atoms with van der Waals surface area (Å²) in [6.45, 7) is 0. The number of rotatable bonds is 4. The molecule has 0 aliphatic heterocycles. The molecule has 0 amide bonds. The minimum Gasteiger partial charge on any atom is -0.506 e. The molecule has 25 heavy (non-hydrogen) atoms. The third kappa shape index (κ3) is 3.87. The Kier molecular flexibility index (Phi) is 5.74. The van der Waals surface area contributed by atoms with Gasteiger partial charge in [0.25, 0.3) is 0 Å². The summed E-state index contributed by atoms with van der Waals surface area (Å²) in [5, 5.41) is 21.6. The van der Waals surface area contributed by atoms with Crippen molar-refractivity contribution in [2.24, 2.45) is 5.10 Å². The first-order valence-corrected chi connectivity index (χ1v) is 9.61. The lowest BCUT2D eigenvalue weighted by atomic mass is 10.2. The van der Waals surface area contributed by atoms with Crippen LogP contribution in [0.3, 0.4) is 0 Å². The number of aromatic amines is 1. The lowest BCUT2D eigenvalue weighted by molar-refractivity contribution is 0.416. The van der Waals surface area contributed by atoms with Crippen LogP contribution < -0.4 is 4.74 Å². The molecule has 2 N–H and O–H groups in total. The lowest BCUT2D eigenvalue weighted by Crippen LogP contribution is -1.97. The average Bonchev–Trinajstić information content (AvgIpc) is 2.97. The molecule has 0 atom stereocenters. The van der Waals surface area contributed by atoms with Gasteiger partial charge in [0, 0.05) is 9.13 Å². The van der Waals surface area contributed by atoms with Crippen molar-refractivity contribution in [2.45, 2.75) is 0 Å². The smallest absolute Gasteiger partial charge is 0.216 e. The number of benzene rings is 2. The molecule has 0 aliphatic rings. The summed E-state index contributed by atoms with van der Waals surface area (Å²) < 4.78 is 8.98. The van der Waals surface area contributed by atoms with E-state index in [1.165, 1.54) is 4.68 Å². The van der Waals surface area contributed by atoms with Crippen LogP contribution in [-0.4, -0.2) is 33.3 Å². The Labute approximate surface area is 176 Å². The number of para-hydroxylation sites is 1. The Morgan fingerprint density at radius 2 is 2.08 bits per heavy atom. The average molecular weight is 578 g/mol. The first kappa shape index (κ1) is 18.3. The van der Waals surface area contributed by atoms with Crippen LogP contribution in [0.25, 0.3) is 11.4 Å². The van der Waals surface area contributed by atoms with Crippen LogP contribution in [0.15, 0.2) is 41.5 Å². The third-order valence-electron chi connectivity index (χ3n) is 3.37. The van der Waals surface area contributed by atoms with Gasteiger partial charge in [-0.05, 0) is 81.7 Å². The molecule has 0 saturated heterocycles. The Balaban J connectivity index is 2.08. The number of halogens is 2. The van der Waals surface area contributed by atoms with Crippen molar-refractivity contribution in [2.75, 3.05) is 7.11 Å². The zero-order valence-electron chi connectivity index (χ0n) is 12.9. The van der Waals surface area contributed by atoms with Gasteiger partial charge in [0.05, 0.1) is 22.5 Å². The van der Waals surface area contributed by atoms with Crippen molar-refractivity contribution in [3.05, 3.63) is 53.9 Å². The van der Waals surface area contributed by atoms with Gasteiger partial charge in [0.2, 0.25) is 4.77 Å². The second kappa shape index (κ2) is 7.83. The van der Waals surface area contributed by atoms with E-state index in [1.807, 2.05) is 36.4 Å². The maximum atomic E-state index is 10.2. The molecule has 3 rings (SSSR count).